The third-order valence-corrected chi connectivity index (χ3v) is 5.02. The van der Waals surface area contributed by atoms with Crippen molar-refractivity contribution < 1.29 is 19.2 Å². The maximum Gasteiger partial charge on any atom is 0.264 e. The van der Waals surface area contributed by atoms with Gasteiger partial charge in [0.05, 0.1) is 11.1 Å². The van der Waals surface area contributed by atoms with Gasteiger partial charge in [-0.2, -0.15) is 0 Å². The number of nitrogens with one attached hydrogen (secondary N) is 1. The maximum atomic E-state index is 12.9. The van der Waals surface area contributed by atoms with E-state index >= 15 is 0 Å². The highest BCUT2D eigenvalue weighted by molar-refractivity contribution is 6.25. The Morgan fingerprint density at radius 3 is 2.41 bits per heavy atom. The summed E-state index contributed by atoms with van der Waals surface area (Å²) in [6, 6.07) is 12.9. The number of carbonyl (C=O) groups excluding carboxylic acids is 4. The van der Waals surface area contributed by atoms with Crippen molar-refractivity contribution in [2.75, 3.05) is 5.73 Å². The minimum Gasteiger partial charge on any atom is -0.398 e. The largest absolute Gasteiger partial charge is 0.398 e. The van der Waals surface area contributed by atoms with Crippen LogP contribution >= 0.6 is 0 Å². The number of rotatable bonds is 3. The molecule has 7 heteroatoms. The molecule has 1 fully saturated rings. The molecule has 2 aromatic carbocycles. The van der Waals surface area contributed by atoms with Crippen LogP contribution in [0.15, 0.2) is 48.5 Å². The molecule has 0 spiro atoms. The molecule has 2 atom stereocenters. The van der Waals surface area contributed by atoms with E-state index in [0.29, 0.717) is 6.42 Å². The fraction of sp³-hybridized carbons (Fsp3) is 0.200. The van der Waals surface area contributed by atoms with E-state index in [2.05, 4.69) is 5.32 Å². The predicted molar refractivity (Wildman–Crippen MR) is 96.5 cm³/mol. The van der Waals surface area contributed by atoms with Gasteiger partial charge in [-0.15, -0.1) is 0 Å². The van der Waals surface area contributed by atoms with E-state index in [1.54, 1.807) is 12.1 Å². The van der Waals surface area contributed by atoms with Gasteiger partial charge < -0.3 is 5.73 Å². The van der Waals surface area contributed by atoms with E-state index < -0.39 is 35.6 Å². The minimum absolute atomic E-state index is 0.0498. The zero-order valence-electron chi connectivity index (χ0n) is 14.3. The van der Waals surface area contributed by atoms with Gasteiger partial charge in [0, 0.05) is 18.0 Å². The van der Waals surface area contributed by atoms with Crippen LogP contribution in [0.2, 0.25) is 0 Å². The van der Waals surface area contributed by atoms with E-state index in [1.165, 1.54) is 6.07 Å². The van der Waals surface area contributed by atoms with Crippen molar-refractivity contribution in [2.45, 2.75) is 18.9 Å². The van der Waals surface area contributed by atoms with Crippen LogP contribution in [0.5, 0.6) is 0 Å². The summed E-state index contributed by atoms with van der Waals surface area (Å²) in [5, 5.41) is 2.25. The van der Waals surface area contributed by atoms with Crippen molar-refractivity contribution in [3.63, 3.8) is 0 Å². The zero-order chi connectivity index (χ0) is 19.1. The zero-order valence-corrected chi connectivity index (χ0v) is 14.3. The third kappa shape index (κ3) is 2.77. The first kappa shape index (κ1) is 17.0. The van der Waals surface area contributed by atoms with Crippen molar-refractivity contribution in [3.8, 4) is 0 Å². The van der Waals surface area contributed by atoms with Gasteiger partial charge in [0.25, 0.3) is 11.8 Å². The molecule has 2 unspecified atom stereocenters. The molecule has 2 heterocycles. The molecule has 2 aliphatic rings. The Morgan fingerprint density at radius 2 is 1.70 bits per heavy atom. The average Bonchev–Trinajstić information content (AvgIpc) is 2.88. The van der Waals surface area contributed by atoms with Crippen LogP contribution < -0.4 is 11.1 Å². The Bertz CT molecular complexity index is 970. The molecule has 7 nitrogen and oxygen atoms in total. The standard InChI is InChI=1S/C20H17N3O4/c21-14-8-4-7-13-16(14)20(27)23(19(13)26)17-12(10-15(24)22-18(17)25)9-11-5-2-1-3-6-11/h1-8,12,17H,9-10,21H2,(H,22,24,25). The summed E-state index contributed by atoms with van der Waals surface area (Å²) in [6.45, 7) is 0. The highest BCUT2D eigenvalue weighted by atomic mass is 16.2. The van der Waals surface area contributed by atoms with Crippen LogP contribution in [-0.4, -0.2) is 34.6 Å². The van der Waals surface area contributed by atoms with Crippen LogP contribution in [0, 0.1) is 5.92 Å². The fourth-order valence-corrected chi connectivity index (χ4v) is 3.84. The molecule has 27 heavy (non-hydrogen) atoms. The minimum atomic E-state index is -1.06. The molecule has 2 aliphatic heterocycles. The van der Waals surface area contributed by atoms with Gasteiger partial charge in [0.2, 0.25) is 11.8 Å². The Morgan fingerprint density at radius 1 is 0.963 bits per heavy atom. The van der Waals surface area contributed by atoms with Crippen LogP contribution in [0.3, 0.4) is 0 Å². The highest BCUT2D eigenvalue weighted by Crippen LogP contribution is 2.33. The first-order valence-corrected chi connectivity index (χ1v) is 8.61. The average molecular weight is 363 g/mol. The number of hydrogen-bond acceptors (Lipinski definition) is 5. The number of benzene rings is 2. The van der Waals surface area contributed by atoms with E-state index in [4.69, 9.17) is 5.73 Å². The van der Waals surface area contributed by atoms with E-state index in [9.17, 15) is 19.2 Å². The van der Waals surface area contributed by atoms with Gasteiger partial charge in [-0.25, -0.2) is 0 Å². The number of carbonyl (C=O) groups is 4. The monoisotopic (exact) mass is 363 g/mol. The molecule has 2 aromatic rings. The molecule has 0 bridgehead atoms. The molecule has 0 radical (unpaired) electrons. The molecule has 4 amide bonds. The van der Waals surface area contributed by atoms with Crippen molar-refractivity contribution in [1.29, 1.82) is 0 Å². The molecule has 0 aliphatic carbocycles. The number of anilines is 1. The van der Waals surface area contributed by atoms with Crippen molar-refractivity contribution in [3.05, 3.63) is 65.2 Å². The Labute approximate surface area is 155 Å². The Hall–Kier alpha value is -3.48. The number of nitrogens with two attached hydrogens (primary N) is 1. The second-order valence-corrected chi connectivity index (χ2v) is 6.76. The number of imide groups is 2. The summed E-state index contributed by atoms with van der Waals surface area (Å²) >= 11 is 0. The quantitative estimate of drug-likeness (QED) is 0.628. The number of nitrogen functional groups attached to an aromatic ring is 1. The van der Waals surface area contributed by atoms with Gasteiger partial charge in [-0.1, -0.05) is 36.4 Å². The number of hydrogen-bond donors (Lipinski definition) is 2. The van der Waals surface area contributed by atoms with Gasteiger partial charge in [0.15, 0.2) is 0 Å². The lowest BCUT2D eigenvalue weighted by molar-refractivity contribution is -0.139. The van der Waals surface area contributed by atoms with Gasteiger partial charge in [0.1, 0.15) is 6.04 Å². The molecular weight excluding hydrogens is 346 g/mol. The van der Waals surface area contributed by atoms with Gasteiger partial charge >= 0.3 is 0 Å². The maximum absolute atomic E-state index is 12.9. The fourth-order valence-electron chi connectivity index (χ4n) is 3.84. The molecule has 0 saturated carbocycles. The van der Waals surface area contributed by atoms with Crippen molar-refractivity contribution >= 4 is 29.3 Å². The van der Waals surface area contributed by atoms with Crippen molar-refractivity contribution in [1.82, 2.24) is 10.2 Å². The van der Waals surface area contributed by atoms with Crippen LogP contribution in [0.4, 0.5) is 5.69 Å². The summed E-state index contributed by atoms with van der Waals surface area (Å²) < 4.78 is 0. The van der Waals surface area contributed by atoms with E-state index in [0.717, 1.165) is 10.5 Å². The second-order valence-electron chi connectivity index (χ2n) is 6.76. The third-order valence-electron chi connectivity index (χ3n) is 5.02. The first-order chi connectivity index (χ1) is 13.0. The van der Waals surface area contributed by atoms with E-state index in [-0.39, 0.29) is 23.2 Å². The SMILES string of the molecule is Nc1cccc2c1C(=O)N(C1C(=O)NC(=O)CC1Cc1ccccc1)C2=O. The van der Waals surface area contributed by atoms with Crippen LogP contribution in [-0.2, 0) is 16.0 Å². The molecule has 1 saturated heterocycles. The van der Waals surface area contributed by atoms with Gasteiger partial charge in [-0.05, 0) is 24.1 Å². The van der Waals surface area contributed by atoms with Crippen LogP contribution in [0.1, 0.15) is 32.7 Å². The summed E-state index contributed by atoms with van der Waals surface area (Å²) in [4.78, 5) is 51.3. The van der Waals surface area contributed by atoms with Crippen molar-refractivity contribution in [2.24, 2.45) is 5.92 Å². The molecular formula is C20H17N3O4. The Kier molecular flexibility index (Phi) is 3.99. The lowest BCUT2D eigenvalue weighted by Gasteiger charge is -2.35. The predicted octanol–water partition coefficient (Wildman–Crippen LogP) is 1.14. The molecule has 4 rings (SSSR count). The number of amides is 4. The number of nitrogens with zero attached hydrogens (tertiary/aromatic N) is 1. The number of piperidine rings is 1. The van der Waals surface area contributed by atoms with Gasteiger partial charge in [-0.3, -0.25) is 29.4 Å². The summed E-state index contributed by atoms with van der Waals surface area (Å²) in [6.07, 6.45) is 0.446. The lowest BCUT2D eigenvalue weighted by Crippen LogP contribution is -2.59. The highest BCUT2D eigenvalue weighted by Gasteiger charge is 2.49. The summed E-state index contributed by atoms with van der Waals surface area (Å²) in [7, 11) is 0. The molecule has 0 aromatic heterocycles. The topological polar surface area (TPSA) is 110 Å². The summed E-state index contributed by atoms with van der Waals surface area (Å²) in [5.41, 5.74) is 7.29. The molecule has 3 N–H and O–H groups in total. The lowest BCUT2D eigenvalue weighted by atomic mass is 9.85. The van der Waals surface area contributed by atoms with E-state index in [1.807, 2.05) is 30.3 Å². The summed E-state index contributed by atoms with van der Waals surface area (Å²) in [5.74, 6) is -2.71. The smallest absolute Gasteiger partial charge is 0.264 e. The Balaban J connectivity index is 1.72. The molecule has 136 valence electrons. The van der Waals surface area contributed by atoms with Crippen LogP contribution in [0.25, 0.3) is 0 Å². The first-order valence-electron chi connectivity index (χ1n) is 8.61. The number of fused-ring (bicyclic) bond motifs is 1. The second kappa shape index (κ2) is 6.35. The normalized spacial score (nSPS) is 22.0.